The third-order valence-electron chi connectivity index (χ3n) is 2.22. The molecule has 15 heavy (non-hydrogen) atoms. The molecule has 0 aliphatic carbocycles. The molecule has 2 N–H and O–H groups in total. The zero-order valence-corrected chi connectivity index (χ0v) is 8.34. The molecular formula is C11H11N3O. The largest absolute Gasteiger partial charge is 0.366 e. The van der Waals surface area contributed by atoms with Gasteiger partial charge in [0.1, 0.15) is 5.82 Å². The highest BCUT2D eigenvalue weighted by Gasteiger charge is 2.03. The number of para-hydroxylation sites is 2. The van der Waals surface area contributed by atoms with Crippen LogP contribution in [0.5, 0.6) is 0 Å². The SMILES string of the molecule is Cn1c(/C=C/C(N)=O)nc2ccccc21. The minimum Gasteiger partial charge on any atom is -0.366 e. The minimum atomic E-state index is -0.470. The van der Waals surface area contributed by atoms with E-state index in [-0.39, 0.29) is 0 Å². The Morgan fingerprint density at radius 2 is 2.20 bits per heavy atom. The number of carbonyl (C=O) groups excluding carboxylic acids is 1. The Morgan fingerprint density at radius 1 is 1.47 bits per heavy atom. The maximum absolute atomic E-state index is 10.6. The molecule has 1 amide bonds. The molecule has 76 valence electrons. The Balaban J connectivity index is 2.53. The molecule has 0 spiro atoms. The van der Waals surface area contributed by atoms with E-state index in [0.717, 1.165) is 16.9 Å². The molecule has 2 aromatic rings. The fraction of sp³-hybridized carbons (Fsp3) is 0.0909. The Kier molecular flexibility index (Phi) is 2.25. The van der Waals surface area contributed by atoms with Crippen molar-refractivity contribution in [2.24, 2.45) is 12.8 Å². The van der Waals surface area contributed by atoms with Crippen LogP contribution in [0.1, 0.15) is 5.82 Å². The Hall–Kier alpha value is -2.10. The summed E-state index contributed by atoms with van der Waals surface area (Å²) in [4.78, 5) is 15.0. The third kappa shape index (κ3) is 1.74. The van der Waals surface area contributed by atoms with Gasteiger partial charge in [-0.05, 0) is 18.2 Å². The van der Waals surface area contributed by atoms with E-state index < -0.39 is 5.91 Å². The van der Waals surface area contributed by atoms with Crippen molar-refractivity contribution in [2.45, 2.75) is 0 Å². The number of hydrogen-bond acceptors (Lipinski definition) is 2. The third-order valence-corrected chi connectivity index (χ3v) is 2.22. The summed E-state index contributed by atoms with van der Waals surface area (Å²) < 4.78 is 1.91. The fourth-order valence-electron chi connectivity index (χ4n) is 1.47. The van der Waals surface area contributed by atoms with E-state index >= 15 is 0 Å². The van der Waals surface area contributed by atoms with Crippen LogP contribution < -0.4 is 5.73 Å². The summed E-state index contributed by atoms with van der Waals surface area (Å²) in [5, 5.41) is 0. The van der Waals surface area contributed by atoms with Crippen molar-refractivity contribution in [1.29, 1.82) is 0 Å². The molecular weight excluding hydrogens is 190 g/mol. The number of nitrogens with zero attached hydrogens (tertiary/aromatic N) is 2. The molecule has 0 fully saturated rings. The van der Waals surface area contributed by atoms with E-state index in [1.54, 1.807) is 6.08 Å². The Labute approximate surface area is 87.0 Å². The van der Waals surface area contributed by atoms with Gasteiger partial charge in [-0.15, -0.1) is 0 Å². The fourth-order valence-corrected chi connectivity index (χ4v) is 1.47. The van der Waals surface area contributed by atoms with Crippen molar-refractivity contribution in [1.82, 2.24) is 9.55 Å². The van der Waals surface area contributed by atoms with Crippen LogP contribution in [-0.2, 0) is 11.8 Å². The molecule has 1 aromatic heterocycles. The summed E-state index contributed by atoms with van der Waals surface area (Å²) in [5.41, 5.74) is 6.96. The zero-order chi connectivity index (χ0) is 10.8. The van der Waals surface area contributed by atoms with E-state index in [1.807, 2.05) is 35.9 Å². The Morgan fingerprint density at radius 3 is 2.87 bits per heavy atom. The van der Waals surface area contributed by atoms with Gasteiger partial charge >= 0.3 is 0 Å². The van der Waals surface area contributed by atoms with Gasteiger partial charge in [0.2, 0.25) is 5.91 Å². The molecule has 0 bridgehead atoms. The molecule has 2 rings (SSSR count). The molecule has 0 atom stereocenters. The molecule has 0 aliphatic rings. The molecule has 0 aliphatic heterocycles. The van der Waals surface area contributed by atoms with Crippen molar-refractivity contribution >= 4 is 23.0 Å². The highest BCUT2D eigenvalue weighted by molar-refractivity contribution is 5.90. The molecule has 1 aromatic carbocycles. The Bertz CT molecular complexity index is 540. The zero-order valence-electron chi connectivity index (χ0n) is 8.34. The second-order valence-electron chi connectivity index (χ2n) is 3.25. The molecule has 0 saturated carbocycles. The van der Waals surface area contributed by atoms with Gasteiger partial charge in [0, 0.05) is 13.1 Å². The van der Waals surface area contributed by atoms with Crippen LogP contribution in [0, 0.1) is 0 Å². The van der Waals surface area contributed by atoms with Gasteiger partial charge in [-0.1, -0.05) is 12.1 Å². The van der Waals surface area contributed by atoms with E-state index in [2.05, 4.69) is 4.98 Å². The van der Waals surface area contributed by atoms with Gasteiger partial charge in [0.25, 0.3) is 0 Å². The van der Waals surface area contributed by atoms with Crippen LogP contribution in [0.4, 0.5) is 0 Å². The summed E-state index contributed by atoms with van der Waals surface area (Å²) in [6, 6.07) is 7.78. The number of rotatable bonds is 2. The first kappa shape index (κ1) is 9.45. The number of amides is 1. The highest BCUT2D eigenvalue weighted by Crippen LogP contribution is 2.14. The van der Waals surface area contributed by atoms with Gasteiger partial charge in [0.15, 0.2) is 0 Å². The molecule has 0 radical (unpaired) electrons. The average molecular weight is 201 g/mol. The molecule has 0 unspecified atom stereocenters. The minimum absolute atomic E-state index is 0.470. The molecule has 4 nitrogen and oxygen atoms in total. The normalized spacial score (nSPS) is 11.3. The van der Waals surface area contributed by atoms with Crippen LogP contribution >= 0.6 is 0 Å². The number of aromatic nitrogens is 2. The predicted molar refractivity (Wildman–Crippen MR) is 58.9 cm³/mol. The lowest BCUT2D eigenvalue weighted by Gasteiger charge is -1.95. The second-order valence-corrected chi connectivity index (χ2v) is 3.25. The smallest absolute Gasteiger partial charge is 0.241 e. The number of nitrogens with two attached hydrogens (primary N) is 1. The van der Waals surface area contributed by atoms with Crippen LogP contribution in [0.2, 0.25) is 0 Å². The van der Waals surface area contributed by atoms with Crippen LogP contribution in [0.3, 0.4) is 0 Å². The van der Waals surface area contributed by atoms with E-state index in [1.165, 1.54) is 6.08 Å². The van der Waals surface area contributed by atoms with Crippen LogP contribution in [0.15, 0.2) is 30.3 Å². The molecule has 1 heterocycles. The van der Waals surface area contributed by atoms with Crippen molar-refractivity contribution in [3.63, 3.8) is 0 Å². The summed E-state index contributed by atoms with van der Waals surface area (Å²) >= 11 is 0. The first-order valence-corrected chi connectivity index (χ1v) is 4.57. The number of carbonyl (C=O) groups is 1. The van der Waals surface area contributed by atoms with Gasteiger partial charge in [-0.3, -0.25) is 4.79 Å². The van der Waals surface area contributed by atoms with Crippen molar-refractivity contribution in [2.75, 3.05) is 0 Å². The van der Waals surface area contributed by atoms with Gasteiger partial charge in [-0.25, -0.2) is 4.98 Å². The summed E-state index contributed by atoms with van der Waals surface area (Å²) in [6.07, 6.45) is 2.92. The standard InChI is InChI=1S/C11H11N3O/c1-14-9-5-3-2-4-8(9)13-11(14)7-6-10(12)15/h2-7H,1H3,(H2,12,15)/b7-6+. The topological polar surface area (TPSA) is 60.9 Å². The first-order valence-electron chi connectivity index (χ1n) is 4.57. The highest BCUT2D eigenvalue weighted by atomic mass is 16.1. The van der Waals surface area contributed by atoms with Crippen molar-refractivity contribution in [3.8, 4) is 0 Å². The van der Waals surface area contributed by atoms with E-state index in [0.29, 0.717) is 0 Å². The number of primary amides is 1. The molecule has 0 saturated heterocycles. The lowest BCUT2D eigenvalue weighted by Crippen LogP contribution is -2.05. The number of fused-ring (bicyclic) bond motifs is 1. The van der Waals surface area contributed by atoms with E-state index in [9.17, 15) is 4.79 Å². The van der Waals surface area contributed by atoms with Crippen LogP contribution in [-0.4, -0.2) is 15.5 Å². The number of benzene rings is 1. The monoisotopic (exact) mass is 201 g/mol. The van der Waals surface area contributed by atoms with Gasteiger partial charge in [0.05, 0.1) is 11.0 Å². The summed E-state index contributed by atoms with van der Waals surface area (Å²) in [5.74, 6) is 0.247. The van der Waals surface area contributed by atoms with Gasteiger partial charge in [-0.2, -0.15) is 0 Å². The van der Waals surface area contributed by atoms with Crippen LogP contribution in [0.25, 0.3) is 17.1 Å². The lowest BCUT2D eigenvalue weighted by molar-refractivity contribution is -0.113. The maximum Gasteiger partial charge on any atom is 0.241 e. The maximum atomic E-state index is 10.6. The average Bonchev–Trinajstić information content (AvgIpc) is 2.54. The summed E-state index contributed by atoms with van der Waals surface area (Å²) in [7, 11) is 1.90. The van der Waals surface area contributed by atoms with Gasteiger partial charge < -0.3 is 10.3 Å². The summed E-state index contributed by atoms with van der Waals surface area (Å²) in [6.45, 7) is 0. The van der Waals surface area contributed by atoms with Crippen molar-refractivity contribution < 1.29 is 4.79 Å². The predicted octanol–water partition coefficient (Wildman–Crippen LogP) is 1.07. The van der Waals surface area contributed by atoms with E-state index in [4.69, 9.17) is 5.73 Å². The quantitative estimate of drug-likeness (QED) is 0.739. The lowest BCUT2D eigenvalue weighted by atomic mass is 10.3. The number of aryl methyl sites for hydroxylation is 1. The molecule has 4 heteroatoms. The number of hydrogen-bond donors (Lipinski definition) is 1. The number of imidazole rings is 1. The second kappa shape index (κ2) is 3.57. The van der Waals surface area contributed by atoms with Crippen molar-refractivity contribution in [3.05, 3.63) is 36.2 Å². The first-order chi connectivity index (χ1) is 7.18.